The Labute approximate surface area is 187 Å². The number of rotatable bonds is 4. The van der Waals surface area contributed by atoms with Crippen LogP contribution in [0, 0.1) is 29.0 Å². The van der Waals surface area contributed by atoms with E-state index < -0.39 is 0 Å². The Morgan fingerprint density at radius 2 is 2.26 bits per heavy atom. The van der Waals surface area contributed by atoms with E-state index in [-0.39, 0.29) is 23.2 Å². The third kappa shape index (κ3) is 3.72. The molecule has 4 aliphatic rings. The van der Waals surface area contributed by atoms with Gasteiger partial charge in [-0.3, -0.25) is 9.79 Å². The van der Waals surface area contributed by atoms with Crippen molar-refractivity contribution in [3.8, 4) is 0 Å². The summed E-state index contributed by atoms with van der Waals surface area (Å²) in [6, 6.07) is 5.61. The summed E-state index contributed by atoms with van der Waals surface area (Å²) < 4.78 is 14.4. The first-order valence-electron chi connectivity index (χ1n) is 11.6. The third-order valence-electron chi connectivity index (χ3n) is 8.59. The number of benzene rings is 1. The Balaban J connectivity index is 1.36. The van der Waals surface area contributed by atoms with E-state index in [1.54, 1.807) is 17.8 Å². The first-order valence-corrected chi connectivity index (χ1v) is 12.6. The summed E-state index contributed by atoms with van der Waals surface area (Å²) in [6.07, 6.45) is 6.03. The SMILES string of the molecule is C[C@]12CCC3c4cccc(F)c4CCC3C1[C@H](CCC(=O)NC1=NCCS1)CC2NO. The molecule has 0 radical (unpaired) electrons. The van der Waals surface area contributed by atoms with Gasteiger partial charge in [-0.25, -0.2) is 9.87 Å². The van der Waals surface area contributed by atoms with E-state index >= 15 is 0 Å². The van der Waals surface area contributed by atoms with Gasteiger partial charge >= 0.3 is 0 Å². The minimum absolute atomic E-state index is 0.00722. The molecule has 0 spiro atoms. The normalized spacial score (nSPS) is 36.4. The van der Waals surface area contributed by atoms with Crippen molar-refractivity contribution in [1.29, 1.82) is 0 Å². The van der Waals surface area contributed by atoms with E-state index in [2.05, 4.69) is 28.8 Å². The van der Waals surface area contributed by atoms with Crippen LogP contribution in [0.5, 0.6) is 0 Å². The second-order valence-corrected chi connectivity index (χ2v) is 11.1. The molecular weight excluding hydrogens is 413 g/mol. The van der Waals surface area contributed by atoms with Gasteiger partial charge in [0.05, 0.1) is 6.54 Å². The molecule has 168 valence electrons. The molecule has 0 bridgehead atoms. The molecule has 1 aliphatic heterocycles. The highest BCUT2D eigenvalue weighted by atomic mass is 32.2. The number of thioether (sulfide) groups is 1. The molecule has 4 unspecified atom stereocenters. The van der Waals surface area contributed by atoms with Crippen LogP contribution in [0.25, 0.3) is 0 Å². The number of nitrogens with zero attached hydrogens (tertiary/aromatic N) is 1. The summed E-state index contributed by atoms with van der Waals surface area (Å²) in [7, 11) is 0. The number of carbonyl (C=O) groups excluding carboxylic acids is 1. The van der Waals surface area contributed by atoms with Crippen molar-refractivity contribution in [3.63, 3.8) is 0 Å². The van der Waals surface area contributed by atoms with Crippen molar-refractivity contribution in [2.24, 2.45) is 28.2 Å². The molecule has 1 aromatic rings. The van der Waals surface area contributed by atoms with Gasteiger partial charge in [0.1, 0.15) is 5.82 Å². The average Bonchev–Trinajstić information content (AvgIpc) is 3.37. The lowest BCUT2D eigenvalue weighted by Crippen LogP contribution is -2.48. The van der Waals surface area contributed by atoms with Crippen molar-refractivity contribution < 1.29 is 14.4 Å². The topological polar surface area (TPSA) is 73.7 Å². The predicted octanol–water partition coefficient (Wildman–Crippen LogP) is 4.25. The van der Waals surface area contributed by atoms with Gasteiger partial charge < -0.3 is 10.5 Å². The Hall–Kier alpha value is -1.44. The van der Waals surface area contributed by atoms with Gasteiger partial charge in [0.2, 0.25) is 5.91 Å². The minimum atomic E-state index is -0.0634. The molecule has 2 saturated carbocycles. The molecule has 3 aliphatic carbocycles. The summed E-state index contributed by atoms with van der Waals surface area (Å²) in [6.45, 7) is 3.09. The number of fused-ring (bicyclic) bond motifs is 5. The predicted molar refractivity (Wildman–Crippen MR) is 121 cm³/mol. The minimum Gasteiger partial charge on any atom is -0.317 e. The molecule has 7 heteroatoms. The number of hydrogen-bond donors (Lipinski definition) is 3. The van der Waals surface area contributed by atoms with Gasteiger partial charge in [-0.2, -0.15) is 0 Å². The second-order valence-electron chi connectivity index (χ2n) is 9.99. The largest absolute Gasteiger partial charge is 0.317 e. The molecule has 2 fully saturated rings. The van der Waals surface area contributed by atoms with Crippen LogP contribution >= 0.6 is 11.8 Å². The Bertz CT molecular complexity index is 894. The van der Waals surface area contributed by atoms with Crippen LogP contribution < -0.4 is 10.8 Å². The lowest BCUT2D eigenvalue weighted by Gasteiger charge is -2.52. The Morgan fingerprint density at radius 3 is 3.03 bits per heavy atom. The van der Waals surface area contributed by atoms with Gasteiger partial charge in [-0.1, -0.05) is 30.8 Å². The maximum Gasteiger partial charge on any atom is 0.225 e. The number of hydrogen-bond acceptors (Lipinski definition) is 5. The van der Waals surface area contributed by atoms with Crippen LogP contribution in [0.15, 0.2) is 23.2 Å². The van der Waals surface area contributed by atoms with Crippen molar-refractivity contribution in [1.82, 2.24) is 10.8 Å². The van der Waals surface area contributed by atoms with E-state index in [0.29, 0.717) is 30.1 Å². The molecule has 31 heavy (non-hydrogen) atoms. The molecule has 5 rings (SSSR count). The van der Waals surface area contributed by atoms with Crippen LogP contribution in [0.4, 0.5) is 4.39 Å². The molecule has 6 atom stereocenters. The van der Waals surface area contributed by atoms with E-state index in [0.717, 1.165) is 61.6 Å². The number of amidine groups is 1. The second kappa shape index (κ2) is 8.49. The van der Waals surface area contributed by atoms with Gasteiger partial charge in [0, 0.05) is 18.2 Å². The molecule has 1 aromatic carbocycles. The maximum atomic E-state index is 14.4. The number of nitrogens with one attached hydrogen (secondary N) is 2. The first-order chi connectivity index (χ1) is 15.0. The lowest BCUT2D eigenvalue weighted by atomic mass is 9.53. The van der Waals surface area contributed by atoms with Gasteiger partial charge in [-0.05, 0) is 84.8 Å². The first kappa shape index (κ1) is 21.4. The van der Waals surface area contributed by atoms with E-state index in [9.17, 15) is 14.4 Å². The fourth-order valence-corrected chi connectivity index (χ4v) is 8.02. The molecule has 5 nitrogen and oxygen atoms in total. The monoisotopic (exact) mass is 445 g/mol. The number of hydroxylamine groups is 1. The summed E-state index contributed by atoms with van der Waals surface area (Å²) in [5, 5.41) is 13.7. The quantitative estimate of drug-likeness (QED) is 0.606. The van der Waals surface area contributed by atoms with Crippen molar-refractivity contribution >= 4 is 22.8 Å². The molecule has 3 N–H and O–H groups in total. The molecule has 0 saturated heterocycles. The Morgan fingerprint density at radius 1 is 1.39 bits per heavy atom. The summed E-state index contributed by atoms with van der Waals surface area (Å²) in [5.41, 5.74) is 4.74. The highest BCUT2D eigenvalue weighted by Gasteiger charge is 2.58. The van der Waals surface area contributed by atoms with E-state index in [4.69, 9.17) is 0 Å². The van der Waals surface area contributed by atoms with Crippen LogP contribution in [0.1, 0.15) is 62.5 Å². The van der Waals surface area contributed by atoms with Crippen molar-refractivity contribution in [3.05, 3.63) is 35.1 Å². The summed E-state index contributed by atoms with van der Waals surface area (Å²) >= 11 is 1.60. The van der Waals surface area contributed by atoms with Gasteiger partial charge in [0.25, 0.3) is 0 Å². The van der Waals surface area contributed by atoms with Gasteiger partial charge in [-0.15, -0.1) is 0 Å². The van der Waals surface area contributed by atoms with Crippen molar-refractivity contribution in [2.45, 2.75) is 63.8 Å². The number of halogens is 1. The highest BCUT2D eigenvalue weighted by molar-refractivity contribution is 8.14. The fraction of sp³-hybridized carbons (Fsp3) is 0.667. The average molecular weight is 446 g/mol. The molecular formula is C24H32FN3O2S. The fourth-order valence-electron chi connectivity index (χ4n) is 7.27. The van der Waals surface area contributed by atoms with Crippen LogP contribution in [-0.2, 0) is 11.2 Å². The van der Waals surface area contributed by atoms with Crippen LogP contribution in [0.2, 0.25) is 0 Å². The number of amides is 1. The van der Waals surface area contributed by atoms with Crippen LogP contribution in [-0.4, -0.2) is 34.6 Å². The molecule has 0 aromatic heterocycles. The zero-order chi connectivity index (χ0) is 21.6. The van der Waals surface area contributed by atoms with Gasteiger partial charge in [0.15, 0.2) is 5.17 Å². The third-order valence-corrected chi connectivity index (χ3v) is 9.48. The van der Waals surface area contributed by atoms with E-state index in [1.165, 1.54) is 5.56 Å². The molecule has 1 amide bonds. The molecule has 1 heterocycles. The zero-order valence-corrected chi connectivity index (χ0v) is 18.9. The zero-order valence-electron chi connectivity index (χ0n) is 18.1. The van der Waals surface area contributed by atoms with Crippen molar-refractivity contribution in [2.75, 3.05) is 12.3 Å². The number of carbonyl (C=O) groups is 1. The summed E-state index contributed by atoms with van der Waals surface area (Å²) in [4.78, 5) is 16.8. The highest BCUT2D eigenvalue weighted by Crippen LogP contribution is 2.63. The Kier molecular flexibility index (Phi) is 5.86. The van der Waals surface area contributed by atoms with E-state index in [1.807, 2.05) is 6.07 Å². The van der Waals surface area contributed by atoms with Crippen LogP contribution in [0.3, 0.4) is 0 Å². The maximum absolute atomic E-state index is 14.4. The summed E-state index contributed by atoms with van der Waals surface area (Å²) in [5.74, 6) is 2.59. The lowest BCUT2D eigenvalue weighted by molar-refractivity contribution is -0.120. The standard InChI is InChI=1S/C24H32FN3O2S/c1-24-10-9-16-15-3-2-4-19(25)17(15)6-7-18(16)22(24)14(13-20(24)28-30)5-8-21(29)27-23-26-11-12-31-23/h2-4,14,16,18,20,22,28,30H,5-13H2,1H3,(H,26,27,29)/t14-,16?,18?,20?,22?,24-/m1/s1. The smallest absolute Gasteiger partial charge is 0.225 e. The number of aliphatic imine (C=N–C) groups is 1.